The number of hydrogen-bond acceptors (Lipinski definition) is 3. The van der Waals surface area contributed by atoms with Gasteiger partial charge in [-0.25, -0.2) is 4.39 Å². The molecule has 1 aromatic rings. The first-order valence-corrected chi connectivity index (χ1v) is 9.39. The number of carbonyl (C=O) groups is 2. The van der Waals surface area contributed by atoms with Crippen LogP contribution in [0, 0.1) is 11.7 Å². The largest absolute Gasteiger partial charge is 0.351 e. The summed E-state index contributed by atoms with van der Waals surface area (Å²) in [6.45, 7) is 8.94. The average molecular weight is 414 g/mol. The molecule has 2 rings (SSSR count). The Hall–Kier alpha value is -1.47. The quantitative estimate of drug-likeness (QED) is 0.779. The van der Waals surface area contributed by atoms with Crippen molar-refractivity contribution in [3.63, 3.8) is 0 Å². The van der Waals surface area contributed by atoms with Crippen molar-refractivity contribution in [1.29, 1.82) is 0 Å². The summed E-state index contributed by atoms with van der Waals surface area (Å²) < 4.78 is 13.8. The lowest BCUT2D eigenvalue weighted by Gasteiger charge is -2.35. The molecule has 0 aromatic heterocycles. The van der Waals surface area contributed by atoms with E-state index in [9.17, 15) is 14.0 Å². The summed E-state index contributed by atoms with van der Waals surface area (Å²) >= 11 is 3.23. The second kappa shape index (κ2) is 9.29. The predicted molar refractivity (Wildman–Crippen MR) is 98.9 cm³/mol. The zero-order valence-corrected chi connectivity index (χ0v) is 16.3. The van der Waals surface area contributed by atoms with Crippen LogP contribution in [0.1, 0.15) is 30.6 Å². The molecule has 0 radical (unpaired) electrons. The molecule has 1 fully saturated rings. The molecule has 0 spiro atoms. The number of hydrogen-bond donors (Lipinski definition) is 1. The molecule has 1 heterocycles. The molecule has 5 nitrogen and oxygen atoms in total. The van der Waals surface area contributed by atoms with Crippen LogP contribution in [0.25, 0.3) is 0 Å². The second-order valence-electron chi connectivity index (χ2n) is 6.71. The van der Waals surface area contributed by atoms with Gasteiger partial charge in [0.15, 0.2) is 0 Å². The number of benzene rings is 1. The highest BCUT2D eigenvalue weighted by Crippen LogP contribution is 2.17. The van der Waals surface area contributed by atoms with E-state index in [1.807, 2.05) is 4.90 Å². The monoisotopic (exact) mass is 413 g/mol. The minimum Gasteiger partial charge on any atom is -0.351 e. The molecule has 1 aliphatic heterocycles. The SMILES string of the molecule is CC(C)CN1CCN(C(=O)CCNC(=O)c2cc(F)ccc2Br)CC1. The van der Waals surface area contributed by atoms with E-state index in [4.69, 9.17) is 0 Å². The Morgan fingerprint density at radius 3 is 2.56 bits per heavy atom. The van der Waals surface area contributed by atoms with Gasteiger partial charge in [-0.3, -0.25) is 14.5 Å². The van der Waals surface area contributed by atoms with Crippen molar-refractivity contribution in [1.82, 2.24) is 15.1 Å². The molecule has 0 bridgehead atoms. The van der Waals surface area contributed by atoms with Crippen LogP contribution in [0.3, 0.4) is 0 Å². The molecular weight excluding hydrogens is 389 g/mol. The Morgan fingerprint density at radius 1 is 1.24 bits per heavy atom. The molecule has 1 saturated heterocycles. The summed E-state index contributed by atoms with van der Waals surface area (Å²) in [6, 6.07) is 3.95. The maximum absolute atomic E-state index is 13.2. The fourth-order valence-corrected chi connectivity index (χ4v) is 3.33. The molecule has 138 valence electrons. The van der Waals surface area contributed by atoms with E-state index in [2.05, 4.69) is 40.0 Å². The zero-order valence-electron chi connectivity index (χ0n) is 14.7. The topological polar surface area (TPSA) is 52.6 Å². The molecule has 25 heavy (non-hydrogen) atoms. The first kappa shape index (κ1) is 19.8. The van der Waals surface area contributed by atoms with Gasteiger partial charge in [-0.05, 0) is 40.0 Å². The lowest BCUT2D eigenvalue weighted by Crippen LogP contribution is -2.49. The lowest BCUT2D eigenvalue weighted by atomic mass is 10.2. The Bertz CT molecular complexity index is 616. The van der Waals surface area contributed by atoms with Gasteiger partial charge in [-0.15, -0.1) is 0 Å². The van der Waals surface area contributed by atoms with Crippen LogP contribution in [-0.4, -0.2) is 60.9 Å². The first-order chi connectivity index (χ1) is 11.9. The van der Waals surface area contributed by atoms with E-state index in [1.165, 1.54) is 18.2 Å². The minimum absolute atomic E-state index is 0.0443. The Morgan fingerprint density at radius 2 is 1.92 bits per heavy atom. The summed E-state index contributed by atoms with van der Waals surface area (Å²) in [5.41, 5.74) is 0.231. The van der Waals surface area contributed by atoms with Crippen LogP contribution in [0.4, 0.5) is 4.39 Å². The summed E-state index contributed by atoms with van der Waals surface area (Å²) in [5, 5.41) is 2.68. The number of rotatable bonds is 6. The third-order valence-corrected chi connectivity index (χ3v) is 4.84. The number of piperazine rings is 1. The zero-order chi connectivity index (χ0) is 18.4. The van der Waals surface area contributed by atoms with Gasteiger partial charge in [-0.2, -0.15) is 0 Å². The van der Waals surface area contributed by atoms with Crippen molar-refractivity contribution >= 4 is 27.7 Å². The number of carbonyl (C=O) groups excluding carboxylic acids is 2. The molecule has 0 atom stereocenters. The van der Waals surface area contributed by atoms with E-state index in [0.717, 1.165) is 32.7 Å². The smallest absolute Gasteiger partial charge is 0.252 e. The molecule has 1 N–H and O–H groups in total. The van der Waals surface area contributed by atoms with Crippen LogP contribution in [0.5, 0.6) is 0 Å². The highest BCUT2D eigenvalue weighted by Gasteiger charge is 2.21. The van der Waals surface area contributed by atoms with Gasteiger partial charge < -0.3 is 10.2 Å². The first-order valence-electron chi connectivity index (χ1n) is 8.60. The standard InChI is InChI=1S/C18H25BrFN3O2/c1-13(2)12-22-7-9-23(10-8-22)17(24)5-6-21-18(25)15-11-14(20)3-4-16(15)19/h3-4,11,13H,5-10,12H2,1-2H3,(H,21,25). The minimum atomic E-state index is -0.469. The van der Waals surface area contributed by atoms with Gasteiger partial charge in [0.25, 0.3) is 5.91 Å². The third kappa shape index (κ3) is 6.08. The fourth-order valence-electron chi connectivity index (χ4n) is 2.90. The summed E-state index contributed by atoms with van der Waals surface area (Å²) in [5.74, 6) is -0.188. The third-order valence-electron chi connectivity index (χ3n) is 4.15. The highest BCUT2D eigenvalue weighted by molar-refractivity contribution is 9.10. The number of halogens is 2. The van der Waals surface area contributed by atoms with Gasteiger partial charge >= 0.3 is 0 Å². The summed E-state index contributed by atoms with van der Waals surface area (Å²) in [6.07, 6.45) is 0.253. The number of nitrogens with one attached hydrogen (secondary N) is 1. The van der Waals surface area contributed by atoms with Crippen molar-refractivity contribution in [2.45, 2.75) is 20.3 Å². The molecule has 1 aliphatic rings. The van der Waals surface area contributed by atoms with E-state index < -0.39 is 5.82 Å². The van der Waals surface area contributed by atoms with Crippen molar-refractivity contribution in [2.24, 2.45) is 5.92 Å². The van der Waals surface area contributed by atoms with Crippen LogP contribution in [0.2, 0.25) is 0 Å². The predicted octanol–water partition coefficient (Wildman–Crippen LogP) is 2.51. The van der Waals surface area contributed by atoms with Crippen molar-refractivity contribution in [2.75, 3.05) is 39.3 Å². The van der Waals surface area contributed by atoms with Crippen molar-refractivity contribution < 1.29 is 14.0 Å². The van der Waals surface area contributed by atoms with Crippen LogP contribution in [-0.2, 0) is 4.79 Å². The molecule has 1 aromatic carbocycles. The molecule has 0 aliphatic carbocycles. The maximum Gasteiger partial charge on any atom is 0.252 e. The van der Waals surface area contributed by atoms with Crippen molar-refractivity contribution in [3.05, 3.63) is 34.1 Å². The normalized spacial score (nSPS) is 15.5. The van der Waals surface area contributed by atoms with E-state index in [0.29, 0.717) is 10.4 Å². The summed E-state index contributed by atoms with van der Waals surface area (Å²) in [7, 11) is 0. The van der Waals surface area contributed by atoms with E-state index in [1.54, 1.807) is 0 Å². The maximum atomic E-state index is 13.2. The highest BCUT2D eigenvalue weighted by atomic mass is 79.9. The van der Waals surface area contributed by atoms with Gasteiger partial charge in [0.1, 0.15) is 5.82 Å². The van der Waals surface area contributed by atoms with Gasteiger partial charge in [0.2, 0.25) is 5.91 Å². The van der Waals surface area contributed by atoms with E-state index in [-0.39, 0.29) is 30.3 Å². The molecular formula is C18H25BrFN3O2. The molecule has 2 amide bonds. The van der Waals surface area contributed by atoms with E-state index >= 15 is 0 Å². The van der Waals surface area contributed by atoms with Gasteiger partial charge in [-0.1, -0.05) is 13.8 Å². The van der Waals surface area contributed by atoms with Gasteiger partial charge in [0, 0.05) is 50.2 Å². The number of amides is 2. The van der Waals surface area contributed by atoms with Crippen LogP contribution >= 0.6 is 15.9 Å². The lowest BCUT2D eigenvalue weighted by molar-refractivity contribution is -0.132. The van der Waals surface area contributed by atoms with Crippen LogP contribution in [0.15, 0.2) is 22.7 Å². The molecule has 7 heteroatoms. The van der Waals surface area contributed by atoms with Crippen LogP contribution < -0.4 is 5.32 Å². The molecule has 0 saturated carbocycles. The number of nitrogens with zero attached hydrogens (tertiary/aromatic N) is 2. The Balaban J connectivity index is 1.74. The Kier molecular flexibility index (Phi) is 7.38. The molecule has 0 unspecified atom stereocenters. The summed E-state index contributed by atoms with van der Waals surface area (Å²) in [4.78, 5) is 28.6. The Labute approximate surface area is 156 Å². The van der Waals surface area contributed by atoms with Crippen molar-refractivity contribution in [3.8, 4) is 0 Å². The van der Waals surface area contributed by atoms with Gasteiger partial charge in [0.05, 0.1) is 5.56 Å². The average Bonchev–Trinajstić information content (AvgIpc) is 2.57. The second-order valence-corrected chi connectivity index (χ2v) is 7.56. The fraction of sp³-hybridized carbons (Fsp3) is 0.556.